The fourth-order valence-corrected chi connectivity index (χ4v) is 4.63. The number of hydrogen-bond acceptors (Lipinski definition) is 6. The quantitative estimate of drug-likeness (QED) is 0.357. The fourth-order valence-electron chi connectivity index (χ4n) is 3.37. The molecule has 5 nitrogen and oxygen atoms in total. The number of halogens is 1. The molecule has 1 heterocycles. The zero-order valence-electron chi connectivity index (χ0n) is 16.7. The summed E-state index contributed by atoms with van der Waals surface area (Å²) in [4.78, 5) is 13.1. The molecule has 0 saturated carbocycles. The van der Waals surface area contributed by atoms with E-state index in [1.807, 2.05) is 36.4 Å². The molecule has 160 valence electrons. The number of nitrogens with two attached hydrogens (primary N) is 1. The monoisotopic (exact) mass is 455 g/mol. The van der Waals surface area contributed by atoms with Gasteiger partial charge in [0.05, 0.1) is 18.8 Å². The van der Waals surface area contributed by atoms with E-state index in [0.29, 0.717) is 40.1 Å². The SMILES string of the molecule is NC(CO)(CO)CCc1ccc2sc3cc(Oc4cccc(Cl)c4)ccc3c(=O)c2c1. The second kappa shape index (κ2) is 8.94. The molecule has 0 radical (unpaired) electrons. The summed E-state index contributed by atoms with van der Waals surface area (Å²) in [5.41, 5.74) is 5.83. The highest BCUT2D eigenvalue weighted by Crippen LogP contribution is 2.31. The lowest BCUT2D eigenvalue weighted by molar-refractivity contribution is 0.115. The van der Waals surface area contributed by atoms with Gasteiger partial charge in [0.25, 0.3) is 0 Å². The number of aryl methyl sites for hydroxylation is 1. The largest absolute Gasteiger partial charge is 0.457 e. The van der Waals surface area contributed by atoms with Crippen LogP contribution in [0.5, 0.6) is 11.5 Å². The molecule has 3 aromatic carbocycles. The molecule has 0 aliphatic rings. The first-order valence-corrected chi connectivity index (χ1v) is 11.0. The van der Waals surface area contributed by atoms with Crippen LogP contribution in [0.2, 0.25) is 5.02 Å². The van der Waals surface area contributed by atoms with Crippen molar-refractivity contribution in [3.63, 3.8) is 0 Å². The maximum atomic E-state index is 13.1. The van der Waals surface area contributed by atoms with Gasteiger partial charge in [0.2, 0.25) is 0 Å². The van der Waals surface area contributed by atoms with E-state index in [9.17, 15) is 15.0 Å². The number of fused-ring (bicyclic) bond motifs is 2. The molecular formula is C24H22ClNO4S. The second-order valence-electron chi connectivity index (χ2n) is 7.66. The third kappa shape index (κ3) is 4.74. The first kappa shape index (κ1) is 21.7. The Morgan fingerprint density at radius 3 is 2.45 bits per heavy atom. The molecule has 4 rings (SSSR count). The lowest BCUT2D eigenvalue weighted by Crippen LogP contribution is -2.47. The molecule has 0 unspecified atom stereocenters. The number of aliphatic hydroxyl groups is 2. The van der Waals surface area contributed by atoms with Crippen molar-refractivity contribution >= 4 is 43.1 Å². The molecule has 0 saturated heterocycles. The molecule has 7 heteroatoms. The Morgan fingerprint density at radius 1 is 0.935 bits per heavy atom. The van der Waals surface area contributed by atoms with Crippen molar-refractivity contribution in [1.29, 1.82) is 0 Å². The van der Waals surface area contributed by atoms with E-state index in [1.54, 1.807) is 24.3 Å². The Balaban J connectivity index is 1.66. The molecule has 4 N–H and O–H groups in total. The maximum Gasteiger partial charge on any atom is 0.195 e. The summed E-state index contributed by atoms with van der Waals surface area (Å²) in [6.07, 6.45) is 0.975. The van der Waals surface area contributed by atoms with Crippen molar-refractivity contribution in [2.75, 3.05) is 13.2 Å². The van der Waals surface area contributed by atoms with E-state index in [0.717, 1.165) is 15.0 Å². The molecule has 1 aromatic heterocycles. The van der Waals surface area contributed by atoms with E-state index in [-0.39, 0.29) is 18.6 Å². The predicted molar refractivity (Wildman–Crippen MR) is 127 cm³/mol. The molecule has 0 atom stereocenters. The Hall–Kier alpha value is -2.48. The molecule has 0 aliphatic carbocycles. The number of ether oxygens (including phenoxy) is 1. The van der Waals surface area contributed by atoms with E-state index in [2.05, 4.69) is 0 Å². The van der Waals surface area contributed by atoms with Gasteiger partial charge in [-0.25, -0.2) is 0 Å². The van der Waals surface area contributed by atoms with Gasteiger partial charge in [-0.05, 0) is 66.9 Å². The average Bonchev–Trinajstić information content (AvgIpc) is 2.78. The highest BCUT2D eigenvalue weighted by Gasteiger charge is 2.22. The van der Waals surface area contributed by atoms with Crippen LogP contribution in [0.4, 0.5) is 0 Å². The summed E-state index contributed by atoms with van der Waals surface area (Å²) in [5.74, 6) is 1.26. The van der Waals surface area contributed by atoms with Crippen molar-refractivity contribution in [3.8, 4) is 11.5 Å². The topological polar surface area (TPSA) is 92.8 Å². The highest BCUT2D eigenvalue weighted by molar-refractivity contribution is 7.24. The van der Waals surface area contributed by atoms with Gasteiger partial charge >= 0.3 is 0 Å². The third-order valence-corrected chi connectivity index (χ3v) is 6.65. The minimum absolute atomic E-state index is 0.0387. The van der Waals surface area contributed by atoms with Gasteiger partial charge in [-0.3, -0.25) is 4.79 Å². The zero-order valence-corrected chi connectivity index (χ0v) is 18.2. The van der Waals surface area contributed by atoms with Gasteiger partial charge in [0.1, 0.15) is 11.5 Å². The van der Waals surface area contributed by atoms with Gasteiger partial charge in [-0.15, -0.1) is 11.3 Å². The van der Waals surface area contributed by atoms with E-state index >= 15 is 0 Å². The van der Waals surface area contributed by atoms with Crippen LogP contribution in [-0.4, -0.2) is 29.0 Å². The van der Waals surface area contributed by atoms with Gasteiger partial charge in [-0.2, -0.15) is 0 Å². The average molecular weight is 456 g/mol. The fraction of sp³-hybridized carbons (Fsp3) is 0.208. The summed E-state index contributed by atoms with van der Waals surface area (Å²) in [7, 11) is 0. The van der Waals surface area contributed by atoms with E-state index < -0.39 is 5.54 Å². The van der Waals surface area contributed by atoms with Crippen molar-refractivity contribution in [1.82, 2.24) is 0 Å². The highest BCUT2D eigenvalue weighted by atomic mass is 35.5. The van der Waals surface area contributed by atoms with Crippen LogP contribution >= 0.6 is 22.9 Å². The zero-order chi connectivity index (χ0) is 22.0. The van der Waals surface area contributed by atoms with Crippen LogP contribution in [-0.2, 0) is 6.42 Å². The normalized spacial score (nSPS) is 11.9. The molecule has 31 heavy (non-hydrogen) atoms. The van der Waals surface area contributed by atoms with Crippen molar-refractivity contribution < 1.29 is 14.9 Å². The number of rotatable bonds is 7. The Kier molecular flexibility index (Phi) is 6.27. The summed E-state index contributed by atoms with van der Waals surface area (Å²) in [6.45, 7) is -0.591. The lowest BCUT2D eigenvalue weighted by atomic mass is 9.93. The lowest BCUT2D eigenvalue weighted by Gasteiger charge is -2.24. The van der Waals surface area contributed by atoms with Gasteiger partial charge in [0, 0.05) is 25.2 Å². The molecule has 0 aliphatic heterocycles. The van der Waals surface area contributed by atoms with Crippen LogP contribution in [0, 0.1) is 0 Å². The Morgan fingerprint density at radius 2 is 1.71 bits per heavy atom. The van der Waals surface area contributed by atoms with Crippen molar-refractivity contribution in [2.45, 2.75) is 18.4 Å². The van der Waals surface area contributed by atoms with Crippen LogP contribution in [0.1, 0.15) is 12.0 Å². The summed E-state index contributed by atoms with van der Waals surface area (Å²) in [5, 5.41) is 20.6. The summed E-state index contributed by atoms with van der Waals surface area (Å²) >= 11 is 7.54. The second-order valence-corrected chi connectivity index (χ2v) is 9.18. The van der Waals surface area contributed by atoms with Crippen LogP contribution in [0.3, 0.4) is 0 Å². The molecule has 4 aromatic rings. The first-order valence-electron chi connectivity index (χ1n) is 9.84. The minimum atomic E-state index is -1.03. The standard InChI is InChI=1S/C24H22ClNO4S/c25-16-2-1-3-17(11-16)30-18-5-6-19-22(12-18)31-21-7-4-15(10-20(21)23(19)29)8-9-24(26,13-27)14-28/h1-7,10-12,27-28H,8-9,13-14,26H2. The van der Waals surface area contributed by atoms with Crippen molar-refractivity contribution in [3.05, 3.63) is 81.5 Å². The summed E-state index contributed by atoms with van der Waals surface area (Å²) in [6, 6.07) is 18.3. The number of hydrogen-bond donors (Lipinski definition) is 3. The van der Waals surface area contributed by atoms with Gasteiger partial charge in [-0.1, -0.05) is 23.7 Å². The van der Waals surface area contributed by atoms with E-state index in [1.165, 1.54) is 11.3 Å². The van der Waals surface area contributed by atoms with Crippen LogP contribution in [0.25, 0.3) is 20.2 Å². The molecule has 0 bridgehead atoms. The minimum Gasteiger partial charge on any atom is -0.457 e. The third-order valence-electron chi connectivity index (χ3n) is 5.28. The Bertz CT molecular complexity index is 1300. The van der Waals surface area contributed by atoms with Gasteiger partial charge < -0.3 is 20.7 Å². The molecule has 0 fully saturated rings. The maximum absolute atomic E-state index is 13.1. The molecular weight excluding hydrogens is 434 g/mol. The smallest absolute Gasteiger partial charge is 0.195 e. The van der Waals surface area contributed by atoms with E-state index in [4.69, 9.17) is 22.1 Å². The van der Waals surface area contributed by atoms with Gasteiger partial charge in [0.15, 0.2) is 5.43 Å². The number of benzene rings is 3. The van der Waals surface area contributed by atoms with Crippen molar-refractivity contribution in [2.24, 2.45) is 5.73 Å². The predicted octanol–water partition coefficient (Wildman–Crippen LogP) is 4.48. The Labute approximate surface area is 188 Å². The summed E-state index contributed by atoms with van der Waals surface area (Å²) < 4.78 is 7.61. The molecule has 0 spiro atoms. The molecule has 0 amide bonds. The van der Waals surface area contributed by atoms with Crippen LogP contribution in [0.15, 0.2) is 65.5 Å². The number of aliphatic hydroxyl groups excluding tert-OH is 2. The van der Waals surface area contributed by atoms with Crippen LogP contribution < -0.4 is 15.9 Å². The first-order chi connectivity index (χ1) is 14.9.